The first-order valence-electron chi connectivity index (χ1n) is 11.4. The van der Waals surface area contributed by atoms with Crippen LogP contribution in [-0.4, -0.2) is 38.7 Å². The first kappa shape index (κ1) is 24.0. The number of nitrogens with one attached hydrogen (secondary N) is 1. The number of anilines is 2. The zero-order valence-electron chi connectivity index (χ0n) is 20.1. The van der Waals surface area contributed by atoms with Gasteiger partial charge in [0.15, 0.2) is 5.69 Å². The molecule has 0 unspecified atom stereocenters. The Bertz CT molecular complexity index is 1320. The van der Waals surface area contributed by atoms with Crippen LogP contribution < -0.4 is 15.8 Å². The van der Waals surface area contributed by atoms with Crippen LogP contribution in [0.25, 0.3) is 10.9 Å². The van der Waals surface area contributed by atoms with Gasteiger partial charge in [0, 0.05) is 25.7 Å². The lowest BCUT2D eigenvalue weighted by atomic mass is 9.83. The molecular formula is C25H30ClN5O3. The molecule has 0 spiro atoms. The number of aryl methyl sites for hydroxylation is 1. The second-order valence-corrected chi connectivity index (χ2v) is 10.3. The quantitative estimate of drug-likeness (QED) is 0.503. The van der Waals surface area contributed by atoms with Crippen molar-refractivity contribution in [3.63, 3.8) is 0 Å². The molecule has 9 heteroatoms. The molecule has 0 radical (unpaired) electrons. The fraction of sp³-hybridized carbons (Fsp3) is 0.440. The highest BCUT2D eigenvalue weighted by molar-refractivity contribution is 6.29. The van der Waals surface area contributed by atoms with E-state index in [2.05, 4.69) is 29.0 Å². The van der Waals surface area contributed by atoms with Gasteiger partial charge in [-0.15, -0.1) is 0 Å². The van der Waals surface area contributed by atoms with Crippen molar-refractivity contribution in [3.05, 3.63) is 56.6 Å². The number of benzene rings is 1. The van der Waals surface area contributed by atoms with Crippen molar-refractivity contribution in [1.29, 1.82) is 0 Å². The normalized spacial score (nSPS) is 16.5. The van der Waals surface area contributed by atoms with Crippen LogP contribution in [0.2, 0.25) is 5.15 Å². The Balaban J connectivity index is 1.79. The summed E-state index contributed by atoms with van der Waals surface area (Å²) >= 11 is 5.90. The SMILES string of the molecule is Cc1cc([C@@H](C)Nc2ccc(Cl)nc2C(=O)O)c2nc(N3CCC(C)(C)CC3)n(C)c(=O)c2c1. The summed E-state index contributed by atoms with van der Waals surface area (Å²) in [4.78, 5) is 36.1. The molecular weight excluding hydrogens is 454 g/mol. The van der Waals surface area contributed by atoms with E-state index in [-0.39, 0.29) is 27.9 Å². The van der Waals surface area contributed by atoms with E-state index in [1.165, 1.54) is 0 Å². The number of carbonyl (C=O) groups is 1. The molecule has 0 amide bonds. The smallest absolute Gasteiger partial charge is 0.356 e. The maximum absolute atomic E-state index is 13.4. The molecule has 180 valence electrons. The summed E-state index contributed by atoms with van der Waals surface area (Å²) in [6, 6.07) is 6.65. The molecule has 3 heterocycles. The number of hydrogen-bond donors (Lipinski definition) is 2. The van der Waals surface area contributed by atoms with Gasteiger partial charge in [-0.25, -0.2) is 14.8 Å². The van der Waals surface area contributed by atoms with Crippen LogP contribution in [0.1, 0.15) is 61.3 Å². The average Bonchev–Trinajstić information content (AvgIpc) is 2.77. The van der Waals surface area contributed by atoms with Gasteiger partial charge in [0.25, 0.3) is 5.56 Å². The average molecular weight is 484 g/mol. The molecule has 2 aromatic heterocycles. The molecule has 0 aliphatic carbocycles. The third-order valence-corrected chi connectivity index (χ3v) is 6.84. The minimum Gasteiger partial charge on any atom is -0.476 e. The number of hydrogen-bond acceptors (Lipinski definition) is 6. The third kappa shape index (κ3) is 4.59. The zero-order valence-corrected chi connectivity index (χ0v) is 20.9. The number of aromatic carboxylic acids is 1. The Morgan fingerprint density at radius 2 is 1.88 bits per heavy atom. The summed E-state index contributed by atoms with van der Waals surface area (Å²) < 4.78 is 1.63. The number of rotatable bonds is 5. The number of carboxylic acids is 1. The number of halogens is 1. The molecule has 1 fully saturated rings. The van der Waals surface area contributed by atoms with Crippen LogP contribution in [0.15, 0.2) is 29.1 Å². The molecule has 0 bridgehead atoms. The van der Waals surface area contributed by atoms with Crippen molar-refractivity contribution in [2.24, 2.45) is 12.5 Å². The third-order valence-electron chi connectivity index (χ3n) is 6.63. The molecule has 4 rings (SSSR count). The highest BCUT2D eigenvalue weighted by Crippen LogP contribution is 2.33. The Kier molecular flexibility index (Phi) is 6.29. The van der Waals surface area contributed by atoms with Gasteiger partial charge < -0.3 is 15.3 Å². The van der Waals surface area contributed by atoms with Crippen molar-refractivity contribution in [1.82, 2.24) is 14.5 Å². The first-order chi connectivity index (χ1) is 16.0. The van der Waals surface area contributed by atoms with Gasteiger partial charge >= 0.3 is 5.97 Å². The maximum atomic E-state index is 13.4. The van der Waals surface area contributed by atoms with Crippen LogP contribution >= 0.6 is 11.6 Å². The van der Waals surface area contributed by atoms with Crippen LogP contribution in [0.4, 0.5) is 11.6 Å². The molecule has 34 heavy (non-hydrogen) atoms. The fourth-order valence-corrected chi connectivity index (χ4v) is 4.64. The Labute approximate surface area is 203 Å². The summed E-state index contributed by atoms with van der Waals surface area (Å²) in [5.74, 6) is -0.515. The van der Waals surface area contributed by atoms with Crippen molar-refractivity contribution in [3.8, 4) is 0 Å². The fourth-order valence-electron chi connectivity index (χ4n) is 4.49. The maximum Gasteiger partial charge on any atom is 0.356 e. The summed E-state index contributed by atoms with van der Waals surface area (Å²) in [5, 5.41) is 13.4. The minimum atomic E-state index is -1.17. The highest BCUT2D eigenvalue weighted by Gasteiger charge is 2.28. The molecule has 3 aromatic rings. The molecule has 1 atom stereocenters. The van der Waals surface area contributed by atoms with E-state index >= 15 is 0 Å². The number of fused-ring (bicyclic) bond motifs is 1. The van der Waals surface area contributed by atoms with Gasteiger partial charge in [0.2, 0.25) is 5.95 Å². The Morgan fingerprint density at radius 3 is 2.53 bits per heavy atom. The van der Waals surface area contributed by atoms with Gasteiger partial charge in [0.1, 0.15) is 5.15 Å². The largest absolute Gasteiger partial charge is 0.476 e. The van der Waals surface area contributed by atoms with Gasteiger partial charge in [-0.3, -0.25) is 9.36 Å². The highest BCUT2D eigenvalue weighted by atomic mass is 35.5. The molecule has 2 N–H and O–H groups in total. The molecule has 1 aromatic carbocycles. The van der Waals surface area contributed by atoms with Crippen LogP contribution in [0.3, 0.4) is 0 Å². The number of nitrogens with zero attached hydrogens (tertiary/aromatic N) is 4. The zero-order chi connectivity index (χ0) is 24.8. The van der Waals surface area contributed by atoms with E-state index in [9.17, 15) is 14.7 Å². The van der Waals surface area contributed by atoms with Crippen LogP contribution in [-0.2, 0) is 7.05 Å². The number of carboxylic acid groups (broad SMARTS) is 1. The predicted octanol–water partition coefficient (Wildman–Crippen LogP) is 4.79. The van der Waals surface area contributed by atoms with Crippen LogP contribution in [0.5, 0.6) is 0 Å². The van der Waals surface area contributed by atoms with Gasteiger partial charge in [-0.2, -0.15) is 0 Å². The van der Waals surface area contributed by atoms with Crippen molar-refractivity contribution < 1.29 is 9.90 Å². The second kappa shape index (κ2) is 8.91. The van der Waals surface area contributed by atoms with E-state index < -0.39 is 5.97 Å². The van der Waals surface area contributed by atoms with E-state index in [1.807, 2.05) is 26.0 Å². The lowest BCUT2D eigenvalue weighted by Crippen LogP contribution is -2.40. The van der Waals surface area contributed by atoms with Crippen molar-refractivity contribution >= 4 is 40.1 Å². The molecule has 1 aliphatic heterocycles. The van der Waals surface area contributed by atoms with Gasteiger partial charge in [-0.1, -0.05) is 31.5 Å². The van der Waals surface area contributed by atoms with Crippen molar-refractivity contribution in [2.75, 3.05) is 23.3 Å². The topological polar surface area (TPSA) is 100 Å². The summed E-state index contributed by atoms with van der Waals surface area (Å²) in [5.41, 5.74) is 2.74. The summed E-state index contributed by atoms with van der Waals surface area (Å²) in [6.07, 6.45) is 2.06. The Morgan fingerprint density at radius 1 is 1.21 bits per heavy atom. The molecule has 0 saturated carbocycles. The van der Waals surface area contributed by atoms with E-state index in [0.717, 1.165) is 37.1 Å². The monoisotopic (exact) mass is 483 g/mol. The van der Waals surface area contributed by atoms with Gasteiger partial charge in [-0.05, 0) is 55.9 Å². The summed E-state index contributed by atoms with van der Waals surface area (Å²) in [7, 11) is 1.77. The second-order valence-electron chi connectivity index (χ2n) is 9.88. The first-order valence-corrected chi connectivity index (χ1v) is 11.8. The standard InChI is InChI=1S/C25H30ClN5O3/c1-14-12-16(15(2)27-18-6-7-19(26)28-21(18)23(33)34)20-17(13-14)22(32)30(5)24(29-20)31-10-8-25(3,4)9-11-31/h6-7,12-13,15,27H,8-11H2,1-5H3,(H,33,34)/t15-/m1/s1. The van der Waals surface area contributed by atoms with Crippen LogP contribution in [0, 0.1) is 12.3 Å². The lowest BCUT2D eigenvalue weighted by molar-refractivity contribution is 0.0691. The predicted molar refractivity (Wildman–Crippen MR) is 135 cm³/mol. The number of pyridine rings is 1. The van der Waals surface area contributed by atoms with E-state index in [1.54, 1.807) is 23.7 Å². The van der Waals surface area contributed by atoms with E-state index in [0.29, 0.717) is 22.5 Å². The number of piperidine rings is 1. The van der Waals surface area contributed by atoms with E-state index in [4.69, 9.17) is 16.6 Å². The molecule has 1 aliphatic rings. The Hall–Kier alpha value is -3.13. The lowest BCUT2D eigenvalue weighted by Gasteiger charge is -2.38. The number of aromatic nitrogens is 3. The molecule has 8 nitrogen and oxygen atoms in total. The summed E-state index contributed by atoms with van der Waals surface area (Å²) in [6.45, 7) is 10.1. The minimum absolute atomic E-state index is 0.0960. The molecule has 1 saturated heterocycles. The van der Waals surface area contributed by atoms with Gasteiger partial charge in [0.05, 0.1) is 22.6 Å². The van der Waals surface area contributed by atoms with Crippen molar-refractivity contribution in [2.45, 2.75) is 46.6 Å².